The van der Waals surface area contributed by atoms with E-state index < -0.39 is 23.3 Å². The maximum Gasteiger partial charge on any atom is 0.299 e. The molecule has 2 aromatic rings. The van der Waals surface area contributed by atoms with Crippen LogP contribution in [-0.4, -0.2) is 28.0 Å². The van der Waals surface area contributed by atoms with Crippen molar-refractivity contribution in [3.05, 3.63) is 47.3 Å². The zero-order valence-corrected chi connectivity index (χ0v) is 11.1. The molecule has 0 saturated heterocycles. The van der Waals surface area contributed by atoms with E-state index in [0.717, 1.165) is 16.5 Å². The third-order valence-corrected chi connectivity index (χ3v) is 3.37. The summed E-state index contributed by atoms with van der Waals surface area (Å²) in [6.45, 7) is 0.159. The molecule has 7 heteroatoms. The van der Waals surface area contributed by atoms with Crippen LogP contribution in [0.15, 0.2) is 24.5 Å². The van der Waals surface area contributed by atoms with Crippen LogP contribution in [0.1, 0.15) is 15.9 Å². The van der Waals surface area contributed by atoms with Crippen LogP contribution >= 0.6 is 0 Å². The number of halogens is 2. The number of carbonyl (C=O) groups is 2. The molecule has 1 aliphatic rings. The van der Waals surface area contributed by atoms with Gasteiger partial charge in [-0.25, -0.2) is 8.78 Å². The lowest BCUT2D eigenvalue weighted by atomic mass is 10.1. The first-order valence-corrected chi connectivity index (χ1v) is 6.30. The lowest BCUT2D eigenvalue weighted by Gasteiger charge is -2.15. The van der Waals surface area contributed by atoms with Crippen LogP contribution in [0.3, 0.4) is 0 Å². The quantitative estimate of drug-likeness (QED) is 0.805. The summed E-state index contributed by atoms with van der Waals surface area (Å²) in [6, 6.07) is 1.61. The first-order chi connectivity index (χ1) is 9.97. The third-order valence-electron chi connectivity index (χ3n) is 3.37. The Morgan fingerprint density at radius 2 is 2.00 bits per heavy atom. The Hall–Kier alpha value is -2.57. The summed E-state index contributed by atoms with van der Waals surface area (Å²) in [5.74, 6) is -3.60. The lowest BCUT2D eigenvalue weighted by Crippen LogP contribution is -2.31. The van der Waals surface area contributed by atoms with Crippen molar-refractivity contribution in [3.63, 3.8) is 0 Å². The van der Waals surface area contributed by atoms with E-state index in [2.05, 4.69) is 5.10 Å². The predicted molar refractivity (Wildman–Crippen MR) is 70.0 cm³/mol. The number of aromatic nitrogens is 2. The normalized spacial score (nSPS) is 14.0. The van der Waals surface area contributed by atoms with E-state index in [1.54, 1.807) is 24.1 Å². The summed E-state index contributed by atoms with van der Waals surface area (Å²) in [5.41, 5.74) is 0.502. The van der Waals surface area contributed by atoms with Crippen LogP contribution in [-0.2, 0) is 18.3 Å². The molecule has 0 N–H and O–H groups in total. The van der Waals surface area contributed by atoms with Gasteiger partial charge in [0.2, 0.25) is 0 Å². The second-order valence-corrected chi connectivity index (χ2v) is 4.84. The second kappa shape index (κ2) is 4.76. The van der Waals surface area contributed by atoms with Crippen molar-refractivity contribution >= 4 is 17.4 Å². The van der Waals surface area contributed by atoms with Gasteiger partial charge in [0.1, 0.15) is 11.6 Å². The molecule has 0 aliphatic carbocycles. The molecule has 0 spiro atoms. The number of hydrogen-bond acceptors (Lipinski definition) is 3. The molecule has 3 rings (SSSR count). The minimum Gasteiger partial charge on any atom is -0.304 e. The van der Waals surface area contributed by atoms with E-state index in [9.17, 15) is 18.4 Å². The van der Waals surface area contributed by atoms with Gasteiger partial charge in [-0.15, -0.1) is 0 Å². The van der Waals surface area contributed by atoms with Crippen molar-refractivity contribution in [2.75, 3.05) is 11.4 Å². The van der Waals surface area contributed by atoms with Gasteiger partial charge in [0.25, 0.3) is 11.7 Å². The summed E-state index contributed by atoms with van der Waals surface area (Å²) in [4.78, 5) is 24.8. The fourth-order valence-electron chi connectivity index (χ4n) is 2.40. The lowest BCUT2D eigenvalue weighted by molar-refractivity contribution is -0.114. The van der Waals surface area contributed by atoms with Crippen LogP contribution in [0, 0.1) is 11.6 Å². The molecule has 2 heterocycles. The van der Waals surface area contributed by atoms with Gasteiger partial charge in [0.15, 0.2) is 0 Å². The minimum atomic E-state index is -1.01. The van der Waals surface area contributed by atoms with Crippen LogP contribution in [0.4, 0.5) is 14.5 Å². The molecular formula is C14H11F2N3O2. The van der Waals surface area contributed by atoms with E-state index >= 15 is 0 Å². The number of amides is 1. The maximum absolute atomic E-state index is 13.7. The van der Waals surface area contributed by atoms with Crippen molar-refractivity contribution < 1.29 is 18.4 Å². The number of carbonyl (C=O) groups excluding carboxylic acids is 2. The fourth-order valence-corrected chi connectivity index (χ4v) is 2.40. The number of anilines is 1. The summed E-state index contributed by atoms with van der Waals surface area (Å²) in [7, 11) is 1.76. The Kier molecular flexibility index (Phi) is 3.04. The van der Waals surface area contributed by atoms with Crippen molar-refractivity contribution in [1.29, 1.82) is 0 Å². The van der Waals surface area contributed by atoms with Gasteiger partial charge < -0.3 is 4.90 Å². The fraction of sp³-hybridized carbons (Fsp3) is 0.214. The molecule has 1 aromatic heterocycles. The van der Waals surface area contributed by atoms with Crippen molar-refractivity contribution in [1.82, 2.24) is 9.78 Å². The molecular weight excluding hydrogens is 280 g/mol. The van der Waals surface area contributed by atoms with E-state index in [4.69, 9.17) is 0 Å². The Morgan fingerprint density at radius 1 is 1.24 bits per heavy atom. The second-order valence-electron chi connectivity index (χ2n) is 4.84. The van der Waals surface area contributed by atoms with Gasteiger partial charge in [-0.05, 0) is 18.1 Å². The number of benzene rings is 1. The molecule has 1 aromatic carbocycles. The standard InChI is InChI=1S/C14H11F2N3O2/c1-18-7-8(6-17-18)2-3-19-11-5-9(15)4-10(16)12(11)13(20)14(19)21/h4-7H,2-3H2,1H3. The van der Waals surface area contributed by atoms with E-state index in [1.165, 1.54) is 0 Å². The number of aryl methyl sites for hydroxylation is 1. The Balaban J connectivity index is 1.90. The maximum atomic E-state index is 13.7. The zero-order valence-electron chi connectivity index (χ0n) is 11.1. The summed E-state index contributed by atoms with van der Waals surface area (Å²) < 4.78 is 28.6. The number of nitrogens with zero attached hydrogens (tertiary/aromatic N) is 3. The Bertz CT molecular complexity index is 755. The average Bonchev–Trinajstić information content (AvgIpc) is 2.92. The number of Topliss-reactive ketones (excluding diaryl/α,β-unsaturated/α-hetero) is 1. The molecule has 1 aliphatic heterocycles. The largest absolute Gasteiger partial charge is 0.304 e. The smallest absolute Gasteiger partial charge is 0.299 e. The summed E-state index contributed by atoms with van der Waals surface area (Å²) in [5, 5.41) is 3.99. The highest BCUT2D eigenvalue weighted by atomic mass is 19.1. The van der Waals surface area contributed by atoms with Gasteiger partial charge in [0.05, 0.1) is 17.4 Å². The molecule has 0 unspecified atom stereocenters. The van der Waals surface area contributed by atoms with Gasteiger partial charge >= 0.3 is 0 Å². The van der Waals surface area contributed by atoms with Gasteiger partial charge in [0, 0.05) is 25.9 Å². The molecule has 21 heavy (non-hydrogen) atoms. The highest BCUT2D eigenvalue weighted by Gasteiger charge is 2.38. The van der Waals surface area contributed by atoms with Gasteiger partial charge in [-0.2, -0.15) is 5.10 Å². The van der Waals surface area contributed by atoms with E-state index in [-0.39, 0.29) is 17.8 Å². The van der Waals surface area contributed by atoms with Gasteiger partial charge in [-0.3, -0.25) is 14.3 Å². The zero-order chi connectivity index (χ0) is 15.1. The number of hydrogen-bond donors (Lipinski definition) is 0. The topological polar surface area (TPSA) is 55.2 Å². The average molecular weight is 291 g/mol. The van der Waals surface area contributed by atoms with Crippen LogP contribution in [0.2, 0.25) is 0 Å². The molecule has 0 saturated carbocycles. The number of ketones is 1. The Morgan fingerprint density at radius 3 is 2.67 bits per heavy atom. The monoisotopic (exact) mass is 291 g/mol. The highest BCUT2D eigenvalue weighted by Crippen LogP contribution is 2.32. The van der Waals surface area contributed by atoms with Gasteiger partial charge in [-0.1, -0.05) is 0 Å². The van der Waals surface area contributed by atoms with Crippen LogP contribution < -0.4 is 4.90 Å². The van der Waals surface area contributed by atoms with E-state index in [0.29, 0.717) is 12.5 Å². The van der Waals surface area contributed by atoms with Crippen molar-refractivity contribution in [3.8, 4) is 0 Å². The molecule has 0 fully saturated rings. The Labute approximate surface area is 118 Å². The molecule has 108 valence electrons. The number of rotatable bonds is 3. The third kappa shape index (κ3) is 2.20. The van der Waals surface area contributed by atoms with Crippen LogP contribution in [0.5, 0.6) is 0 Å². The summed E-state index contributed by atoms with van der Waals surface area (Å²) >= 11 is 0. The first-order valence-electron chi connectivity index (χ1n) is 6.30. The highest BCUT2D eigenvalue weighted by molar-refractivity contribution is 6.52. The molecule has 5 nitrogen and oxygen atoms in total. The first kappa shape index (κ1) is 13.4. The molecule has 0 bridgehead atoms. The molecule has 0 radical (unpaired) electrons. The van der Waals surface area contributed by atoms with E-state index in [1.807, 2.05) is 0 Å². The minimum absolute atomic E-state index is 0.00797. The summed E-state index contributed by atoms with van der Waals surface area (Å²) in [6.07, 6.45) is 3.84. The molecule has 0 atom stereocenters. The SMILES string of the molecule is Cn1cc(CCN2C(=O)C(=O)c3c(F)cc(F)cc32)cn1. The van der Waals surface area contributed by atoms with Crippen molar-refractivity contribution in [2.45, 2.75) is 6.42 Å². The number of fused-ring (bicyclic) bond motifs is 1. The predicted octanol–water partition coefficient (Wildman–Crippen LogP) is 1.47. The molecule has 1 amide bonds. The van der Waals surface area contributed by atoms with Crippen LogP contribution in [0.25, 0.3) is 0 Å². The van der Waals surface area contributed by atoms with Crippen molar-refractivity contribution in [2.24, 2.45) is 7.05 Å².